The number of halogens is 1. The van der Waals surface area contributed by atoms with E-state index in [9.17, 15) is 9.18 Å². The summed E-state index contributed by atoms with van der Waals surface area (Å²) in [5, 5.41) is 2.73. The molecule has 3 rings (SSSR count). The summed E-state index contributed by atoms with van der Waals surface area (Å²) >= 11 is 0. The van der Waals surface area contributed by atoms with Crippen molar-refractivity contribution in [3.8, 4) is 0 Å². The van der Waals surface area contributed by atoms with Crippen LogP contribution in [0.2, 0.25) is 0 Å². The van der Waals surface area contributed by atoms with E-state index in [4.69, 9.17) is 0 Å². The number of hydrogen-bond donors (Lipinski definition) is 1. The van der Waals surface area contributed by atoms with Crippen LogP contribution in [-0.2, 0) is 4.79 Å². The molecule has 1 saturated carbocycles. The van der Waals surface area contributed by atoms with E-state index in [1.54, 1.807) is 6.07 Å². The molecule has 1 aliphatic carbocycles. The maximum absolute atomic E-state index is 13.7. The highest BCUT2D eigenvalue weighted by Gasteiger charge is 2.51. The smallest absolute Gasteiger partial charge is 0.250 e. The Morgan fingerprint density at radius 1 is 1.47 bits per heavy atom. The van der Waals surface area contributed by atoms with E-state index in [0.29, 0.717) is 5.69 Å². The van der Waals surface area contributed by atoms with Crippen LogP contribution in [0.3, 0.4) is 0 Å². The summed E-state index contributed by atoms with van der Waals surface area (Å²) in [5.74, 6) is -0.410. The molecule has 0 unspecified atom stereocenters. The molecule has 0 radical (unpaired) electrons. The molecule has 0 bridgehead atoms. The lowest BCUT2D eigenvalue weighted by Crippen LogP contribution is -2.64. The van der Waals surface area contributed by atoms with Gasteiger partial charge in [-0.25, -0.2) is 4.39 Å². The number of carbonyl (C=O) groups excluding carboxylic acids is 1. The molecular weight excluding hydrogens is 219 g/mol. The maximum atomic E-state index is 13.7. The summed E-state index contributed by atoms with van der Waals surface area (Å²) in [5.41, 5.74) is 0.721. The number of rotatable bonds is 1. The van der Waals surface area contributed by atoms with Crippen molar-refractivity contribution in [2.24, 2.45) is 0 Å². The Balaban J connectivity index is 2.15. The van der Waals surface area contributed by atoms with Crippen molar-refractivity contribution < 1.29 is 9.18 Å². The fraction of sp³-hybridized carbons (Fsp3) is 0.462. The molecule has 90 valence electrons. The maximum Gasteiger partial charge on any atom is 0.250 e. The van der Waals surface area contributed by atoms with E-state index >= 15 is 0 Å². The van der Waals surface area contributed by atoms with Crippen LogP contribution < -0.4 is 10.2 Å². The monoisotopic (exact) mass is 234 g/mol. The molecule has 3 nitrogen and oxygen atoms in total. The van der Waals surface area contributed by atoms with E-state index in [0.717, 1.165) is 31.5 Å². The van der Waals surface area contributed by atoms with Gasteiger partial charge in [-0.1, -0.05) is 6.07 Å². The largest absolute Gasteiger partial charge is 0.356 e. The zero-order chi connectivity index (χ0) is 12.0. The Labute approximate surface area is 99.6 Å². The minimum atomic E-state index is -0.421. The molecule has 1 spiro atoms. The van der Waals surface area contributed by atoms with E-state index in [1.165, 1.54) is 6.07 Å². The first-order valence-electron chi connectivity index (χ1n) is 6.06. The minimum absolute atomic E-state index is 0.0526. The summed E-state index contributed by atoms with van der Waals surface area (Å²) in [6, 6.07) is 4.95. The number of para-hydroxylation sites is 1. The third kappa shape index (κ3) is 1.24. The third-order valence-corrected chi connectivity index (χ3v) is 3.96. The molecule has 0 atom stereocenters. The normalized spacial score (nSPS) is 20.8. The van der Waals surface area contributed by atoms with Crippen molar-refractivity contribution in [2.75, 3.05) is 16.8 Å². The number of amides is 1. The first-order valence-corrected chi connectivity index (χ1v) is 6.06. The van der Waals surface area contributed by atoms with Crippen molar-refractivity contribution in [3.63, 3.8) is 0 Å². The number of nitrogens with zero attached hydrogens (tertiary/aromatic N) is 1. The average molecular weight is 234 g/mol. The first-order chi connectivity index (χ1) is 8.19. The Kier molecular flexibility index (Phi) is 2.15. The number of hydrogen-bond acceptors (Lipinski definition) is 2. The predicted octanol–water partition coefficient (Wildman–Crippen LogP) is 2.53. The fourth-order valence-electron chi connectivity index (χ4n) is 2.93. The third-order valence-electron chi connectivity index (χ3n) is 3.96. The van der Waals surface area contributed by atoms with Crippen LogP contribution >= 0.6 is 0 Å². The van der Waals surface area contributed by atoms with Gasteiger partial charge >= 0.3 is 0 Å². The van der Waals surface area contributed by atoms with E-state index in [-0.39, 0.29) is 11.7 Å². The first kappa shape index (κ1) is 10.6. The lowest BCUT2D eigenvalue weighted by Gasteiger charge is -2.52. The van der Waals surface area contributed by atoms with E-state index in [1.807, 2.05) is 17.9 Å². The van der Waals surface area contributed by atoms with E-state index < -0.39 is 5.54 Å². The Bertz CT molecular complexity index is 482. The molecule has 17 heavy (non-hydrogen) atoms. The summed E-state index contributed by atoms with van der Waals surface area (Å²) < 4.78 is 13.7. The number of anilines is 2. The van der Waals surface area contributed by atoms with Crippen molar-refractivity contribution in [1.29, 1.82) is 0 Å². The molecule has 1 N–H and O–H groups in total. The van der Waals surface area contributed by atoms with Crippen molar-refractivity contribution in [1.82, 2.24) is 0 Å². The number of nitrogens with one attached hydrogen (secondary N) is 1. The van der Waals surface area contributed by atoms with E-state index in [2.05, 4.69) is 5.32 Å². The number of carbonyl (C=O) groups is 1. The van der Waals surface area contributed by atoms with Crippen molar-refractivity contribution >= 4 is 17.3 Å². The second-order valence-electron chi connectivity index (χ2n) is 4.72. The topological polar surface area (TPSA) is 32.3 Å². The standard InChI is InChI=1S/C13H15FN2O/c1-2-16-10-6-3-5-9(14)11(10)15-12(17)13(16)7-4-8-13/h3,5-6H,2,4,7-8H2,1H3,(H,15,17). The van der Waals surface area contributed by atoms with Crippen LogP contribution in [-0.4, -0.2) is 18.0 Å². The zero-order valence-electron chi connectivity index (χ0n) is 9.79. The molecule has 2 aliphatic rings. The SMILES string of the molecule is CCN1c2cccc(F)c2NC(=O)C12CCC2. The van der Waals surface area contributed by atoms with Crippen molar-refractivity contribution in [3.05, 3.63) is 24.0 Å². The quantitative estimate of drug-likeness (QED) is 0.809. The number of likely N-dealkylation sites (N-methyl/N-ethyl adjacent to an activating group) is 1. The van der Waals surface area contributed by atoms with Gasteiger partial charge in [-0.05, 0) is 38.3 Å². The Morgan fingerprint density at radius 2 is 2.24 bits per heavy atom. The van der Waals surface area contributed by atoms with Crippen LogP contribution in [0.15, 0.2) is 18.2 Å². The average Bonchev–Trinajstić information content (AvgIpc) is 2.26. The van der Waals surface area contributed by atoms with Gasteiger partial charge < -0.3 is 10.2 Å². The molecule has 1 aromatic rings. The van der Waals surface area contributed by atoms with Gasteiger partial charge in [0, 0.05) is 6.54 Å². The Hall–Kier alpha value is -1.58. The molecule has 1 fully saturated rings. The van der Waals surface area contributed by atoms with Gasteiger partial charge in [-0.3, -0.25) is 4.79 Å². The second-order valence-corrected chi connectivity index (χ2v) is 4.72. The highest BCUT2D eigenvalue weighted by atomic mass is 19.1. The summed E-state index contributed by atoms with van der Waals surface area (Å²) in [7, 11) is 0. The second kappa shape index (κ2) is 3.45. The van der Waals surface area contributed by atoms with Gasteiger partial charge in [0.05, 0.1) is 5.69 Å². The van der Waals surface area contributed by atoms with Crippen LogP contribution in [0, 0.1) is 5.82 Å². The summed E-state index contributed by atoms with van der Waals surface area (Å²) in [6.45, 7) is 2.73. The van der Waals surface area contributed by atoms with Crippen molar-refractivity contribution in [2.45, 2.75) is 31.7 Å². The van der Waals surface area contributed by atoms with Gasteiger partial charge in [-0.2, -0.15) is 0 Å². The lowest BCUT2D eigenvalue weighted by atomic mass is 9.73. The zero-order valence-corrected chi connectivity index (χ0v) is 9.79. The van der Waals surface area contributed by atoms with Gasteiger partial charge in [0.2, 0.25) is 5.91 Å². The van der Waals surface area contributed by atoms with Gasteiger partial charge in [0.15, 0.2) is 0 Å². The number of benzene rings is 1. The van der Waals surface area contributed by atoms with Gasteiger partial charge in [0.25, 0.3) is 0 Å². The molecule has 1 aliphatic heterocycles. The highest BCUT2D eigenvalue weighted by Crippen LogP contribution is 2.47. The van der Waals surface area contributed by atoms with Crippen LogP contribution in [0.5, 0.6) is 0 Å². The molecule has 1 amide bonds. The predicted molar refractivity (Wildman–Crippen MR) is 64.6 cm³/mol. The van der Waals surface area contributed by atoms with Crippen LogP contribution in [0.1, 0.15) is 26.2 Å². The molecule has 1 aromatic carbocycles. The number of fused-ring (bicyclic) bond motifs is 1. The molecular formula is C13H15FN2O. The minimum Gasteiger partial charge on any atom is -0.356 e. The van der Waals surface area contributed by atoms with Crippen LogP contribution in [0.4, 0.5) is 15.8 Å². The summed E-state index contributed by atoms with van der Waals surface area (Å²) in [6.07, 6.45) is 2.79. The van der Waals surface area contributed by atoms with Gasteiger partial charge in [0.1, 0.15) is 17.0 Å². The molecule has 4 heteroatoms. The van der Waals surface area contributed by atoms with Crippen LogP contribution in [0.25, 0.3) is 0 Å². The highest BCUT2D eigenvalue weighted by molar-refractivity contribution is 6.07. The lowest BCUT2D eigenvalue weighted by molar-refractivity contribution is -0.124. The summed E-state index contributed by atoms with van der Waals surface area (Å²) in [4.78, 5) is 14.2. The molecule has 0 aromatic heterocycles. The Morgan fingerprint density at radius 3 is 2.82 bits per heavy atom. The molecule has 0 saturated heterocycles. The fourth-order valence-corrected chi connectivity index (χ4v) is 2.93. The molecule has 1 heterocycles. The van der Waals surface area contributed by atoms with Gasteiger partial charge in [-0.15, -0.1) is 0 Å².